The van der Waals surface area contributed by atoms with Gasteiger partial charge in [0, 0.05) is 5.56 Å². The van der Waals surface area contributed by atoms with Crippen molar-refractivity contribution < 1.29 is 0 Å². The van der Waals surface area contributed by atoms with Crippen LogP contribution >= 0.6 is 0 Å². The standard InChI is InChI=1S/C16H16N4/c17-14(11-12-7-3-1-4-8-12)16-18-15(19-20-16)13-9-5-2-6-10-13/h1-10,14H,11,17H2,(H,18,19,20)/t14-/m1/s1. The third-order valence-electron chi connectivity index (χ3n) is 3.18. The van der Waals surface area contributed by atoms with Gasteiger partial charge in [0.2, 0.25) is 0 Å². The van der Waals surface area contributed by atoms with Crippen LogP contribution in [0.2, 0.25) is 0 Å². The number of H-pyrrole nitrogens is 1. The fourth-order valence-corrected chi connectivity index (χ4v) is 2.12. The van der Waals surface area contributed by atoms with Crippen LogP contribution in [0.1, 0.15) is 17.4 Å². The van der Waals surface area contributed by atoms with E-state index in [9.17, 15) is 0 Å². The smallest absolute Gasteiger partial charge is 0.181 e. The number of nitrogens with zero attached hydrogens (tertiary/aromatic N) is 2. The number of hydrogen-bond donors (Lipinski definition) is 2. The molecular formula is C16H16N4. The van der Waals surface area contributed by atoms with E-state index in [4.69, 9.17) is 5.73 Å². The average Bonchev–Trinajstić information content (AvgIpc) is 2.99. The lowest BCUT2D eigenvalue weighted by Gasteiger charge is -2.07. The minimum Gasteiger partial charge on any atom is -0.321 e. The van der Waals surface area contributed by atoms with Crippen molar-refractivity contribution in [2.75, 3.05) is 0 Å². The first-order valence-electron chi connectivity index (χ1n) is 6.60. The van der Waals surface area contributed by atoms with Crippen LogP contribution < -0.4 is 5.73 Å². The maximum atomic E-state index is 6.18. The van der Waals surface area contributed by atoms with E-state index in [1.165, 1.54) is 5.56 Å². The van der Waals surface area contributed by atoms with E-state index >= 15 is 0 Å². The zero-order chi connectivity index (χ0) is 13.8. The third kappa shape index (κ3) is 2.75. The molecule has 1 atom stereocenters. The summed E-state index contributed by atoms with van der Waals surface area (Å²) >= 11 is 0. The number of aromatic amines is 1. The largest absolute Gasteiger partial charge is 0.321 e. The van der Waals surface area contributed by atoms with E-state index in [-0.39, 0.29) is 6.04 Å². The summed E-state index contributed by atoms with van der Waals surface area (Å²) in [6, 6.07) is 19.8. The summed E-state index contributed by atoms with van der Waals surface area (Å²) in [5.74, 6) is 1.40. The van der Waals surface area contributed by atoms with Gasteiger partial charge in [0.25, 0.3) is 0 Å². The topological polar surface area (TPSA) is 67.6 Å². The molecule has 0 saturated heterocycles. The first-order chi connectivity index (χ1) is 9.83. The van der Waals surface area contributed by atoms with Gasteiger partial charge in [0.05, 0.1) is 6.04 Å². The fourth-order valence-electron chi connectivity index (χ4n) is 2.12. The van der Waals surface area contributed by atoms with Gasteiger partial charge in [0.15, 0.2) is 5.82 Å². The summed E-state index contributed by atoms with van der Waals surface area (Å²) < 4.78 is 0. The SMILES string of the molecule is N[C@H](Cc1ccccc1)c1nc(-c2ccccc2)n[nH]1. The van der Waals surface area contributed by atoms with E-state index in [1.54, 1.807) is 0 Å². The van der Waals surface area contributed by atoms with Crippen molar-refractivity contribution in [1.29, 1.82) is 0 Å². The molecule has 1 heterocycles. The molecule has 0 fully saturated rings. The summed E-state index contributed by atoms with van der Waals surface area (Å²) in [6.07, 6.45) is 0.740. The number of nitrogens with one attached hydrogen (secondary N) is 1. The van der Waals surface area contributed by atoms with E-state index in [2.05, 4.69) is 27.3 Å². The van der Waals surface area contributed by atoms with Gasteiger partial charge in [-0.05, 0) is 12.0 Å². The van der Waals surface area contributed by atoms with Crippen molar-refractivity contribution in [3.05, 3.63) is 72.1 Å². The molecule has 1 aromatic heterocycles. The number of aromatic nitrogens is 3. The van der Waals surface area contributed by atoms with E-state index in [0.29, 0.717) is 11.6 Å². The van der Waals surface area contributed by atoms with Crippen LogP contribution in [-0.4, -0.2) is 15.2 Å². The molecule has 0 aliphatic heterocycles. The molecule has 4 nitrogen and oxygen atoms in total. The summed E-state index contributed by atoms with van der Waals surface area (Å²) in [6.45, 7) is 0. The van der Waals surface area contributed by atoms with Gasteiger partial charge in [-0.2, -0.15) is 5.10 Å². The number of rotatable bonds is 4. The van der Waals surface area contributed by atoms with Gasteiger partial charge >= 0.3 is 0 Å². The van der Waals surface area contributed by atoms with Gasteiger partial charge in [0.1, 0.15) is 5.82 Å². The molecule has 2 aromatic carbocycles. The highest BCUT2D eigenvalue weighted by molar-refractivity contribution is 5.53. The molecule has 3 rings (SSSR count). The Labute approximate surface area is 117 Å². The van der Waals surface area contributed by atoms with Crippen LogP contribution in [0.4, 0.5) is 0 Å². The second-order valence-corrected chi connectivity index (χ2v) is 4.71. The minimum atomic E-state index is -0.178. The van der Waals surface area contributed by atoms with Crippen LogP contribution in [0.15, 0.2) is 60.7 Å². The fraction of sp³-hybridized carbons (Fsp3) is 0.125. The Balaban J connectivity index is 1.77. The molecule has 0 saturated carbocycles. The molecule has 0 amide bonds. The van der Waals surface area contributed by atoms with Crippen LogP contribution in [0.5, 0.6) is 0 Å². The normalized spacial score (nSPS) is 12.2. The van der Waals surface area contributed by atoms with Gasteiger partial charge in [-0.3, -0.25) is 5.10 Å². The number of benzene rings is 2. The lowest BCUT2D eigenvalue weighted by molar-refractivity contribution is 0.671. The van der Waals surface area contributed by atoms with Crippen molar-refractivity contribution >= 4 is 0 Å². The van der Waals surface area contributed by atoms with Crippen LogP contribution in [-0.2, 0) is 6.42 Å². The predicted octanol–water partition coefficient (Wildman–Crippen LogP) is 2.71. The number of nitrogens with two attached hydrogens (primary N) is 1. The lowest BCUT2D eigenvalue weighted by Crippen LogP contribution is -2.15. The second-order valence-electron chi connectivity index (χ2n) is 4.71. The highest BCUT2D eigenvalue weighted by Crippen LogP contribution is 2.17. The maximum Gasteiger partial charge on any atom is 0.181 e. The first-order valence-corrected chi connectivity index (χ1v) is 6.60. The lowest BCUT2D eigenvalue weighted by atomic mass is 10.1. The molecule has 100 valence electrons. The highest BCUT2D eigenvalue weighted by Gasteiger charge is 2.13. The molecule has 3 N–H and O–H groups in total. The monoisotopic (exact) mass is 264 g/mol. The molecule has 0 spiro atoms. The summed E-state index contributed by atoms with van der Waals surface area (Å²) in [7, 11) is 0. The Morgan fingerprint density at radius 1 is 0.950 bits per heavy atom. The Bertz CT molecular complexity index is 661. The molecule has 0 unspecified atom stereocenters. The quantitative estimate of drug-likeness (QED) is 0.761. The maximum absolute atomic E-state index is 6.18. The van der Waals surface area contributed by atoms with Gasteiger partial charge in [-0.15, -0.1) is 0 Å². The van der Waals surface area contributed by atoms with Crippen molar-refractivity contribution in [1.82, 2.24) is 15.2 Å². The molecule has 4 heteroatoms. The number of hydrogen-bond acceptors (Lipinski definition) is 3. The van der Waals surface area contributed by atoms with E-state index in [0.717, 1.165) is 12.0 Å². The summed E-state index contributed by atoms with van der Waals surface area (Å²) in [5.41, 5.74) is 8.36. The van der Waals surface area contributed by atoms with Crippen molar-refractivity contribution in [2.24, 2.45) is 5.73 Å². The molecule has 0 aliphatic rings. The van der Waals surface area contributed by atoms with Gasteiger partial charge in [-0.1, -0.05) is 60.7 Å². The molecular weight excluding hydrogens is 248 g/mol. The van der Waals surface area contributed by atoms with Crippen LogP contribution in [0, 0.1) is 0 Å². The first kappa shape index (κ1) is 12.6. The van der Waals surface area contributed by atoms with Crippen LogP contribution in [0.25, 0.3) is 11.4 Å². The summed E-state index contributed by atoms with van der Waals surface area (Å²) in [5, 5.41) is 7.17. The van der Waals surface area contributed by atoms with Gasteiger partial charge < -0.3 is 5.73 Å². The predicted molar refractivity (Wildman–Crippen MR) is 78.9 cm³/mol. The van der Waals surface area contributed by atoms with Gasteiger partial charge in [-0.25, -0.2) is 4.98 Å². The Kier molecular flexibility index (Phi) is 3.56. The molecule has 20 heavy (non-hydrogen) atoms. The van der Waals surface area contributed by atoms with Crippen molar-refractivity contribution in [3.63, 3.8) is 0 Å². The Hall–Kier alpha value is -2.46. The molecule has 0 aliphatic carbocycles. The molecule has 0 radical (unpaired) electrons. The second kappa shape index (κ2) is 5.67. The Morgan fingerprint density at radius 3 is 2.30 bits per heavy atom. The molecule has 0 bridgehead atoms. The zero-order valence-corrected chi connectivity index (χ0v) is 11.0. The highest BCUT2D eigenvalue weighted by atomic mass is 15.2. The summed E-state index contributed by atoms with van der Waals surface area (Å²) in [4.78, 5) is 4.48. The van der Waals surface area contributed by atoms with E-state index < -0.39 is 0 Å². The van der Waals surface area contributed by atoms with Crippen molar-refractivity contribution in [2.45, 2.75) is 12.5 Å². The van der Waals surface area contributed by atoms with Crippen LogP contribution in [0.3, 0.4) is 0 Å². The Morgan fingerprint density at radius 2 is 1.60 bits per heavy atom. The van der Waals surface area contributed by atoms with E-state index in [1.807, 2.05) is 48.5 Å². The molecule has 3 aromatic rings. The minimum absolute atomic E-state index is 0.178. The third-order valence-corrected chi connectivity index (χ3v) is 3.18. The van der Waals surface area contributed by atoms with Crippen molar-refractivity contribution in [3.8, 4) is 11.4 Å². The zero-order valence-electron chi connectivity index (χ0n) is 11.0. The average molecular weight is 264 g/mol.